The van der Waals surface area contributed by atoms with Gasteiger partial charge in [-0.05, 0) is 42.7 Å². The molecular weight excluding hydrogens is 292 g/mol. The SMILES string of the molecule is C=CCC(Cc1ccc(Oc2ccccc2)cc1)SC(C)=O. The van der Waals surface area contributed by atoms with E-state index in [0.717, 1.165) is 24.3 Å². The van der Waals surface area contributed by atoms with Gasteiger partial charge in [-0.25, -0.2) is 0 Å². The molecule has 2 rings (SSSR count). The molecule has 0 fully saturated rings. The minimum absolute atomic E-state index is 0.149. The molecule has 0 aliphatic rings. The number of hydrogen-bond donors (Lipinski definition) is 0. The second-order valence-corrected chi connectivity index (χ2v) is 6.50. The Morgan fingerprint density at radius 3 is 2.36 bits per heavy atom. The van der Waals surface area contributed by atoms with E-state index in [4.69, 9.17) is 4.74 Å². The molecule has 1 unspecified atom stereocenters. The van der Waals surface area contributed by atoms with Gasteiger partial charge in [-0.3, -0.25) is 4.79 Å². The average Bonchev–Trinajstić information content (AvgIpc) is 2.50. The summed E-state index contributed by atoms with van der Waals surface area (Å²) >= 11 is 1.38. The maximum absolute atomic E-state index is 11.3. The van der Waals surface area contributed by atoms with Gasteiger partial charge in [-0.15, -0.1) is 6.58 Å². The lowest BCUT2D eigenvalue weighted by atomic mass is 10.1. The summed E-state index contributed by atoms with van der Waals surface area (Å²) in [5, 5.41) is 0.395. The zero-order valence-electron chi connectivity index (χ0n) is 12.7. The summed E-state index contributed by atoms with van der Waals surface area (Å²) in [7, 11) is 0. The molecule has 0 aliphatic carbocycles. The van der Waals surface area contributed by atoms with Crippen LogP contribution in [0.1, 0.15) is 18.9 Å². The molecule has 2 nitrogen and oxygen atoms in total. The van der Waals surface area contributed by atoms with Crippen LogP contribution in [0.3, 0.4) is 0 Å². The van der Waals surface area contributed by atoms with Crippen molar-refractivity contribution in [3.63, 3.8) is 0 Å². The third kappa shape index (κ3) is 5.41. The number of allylic oxidation sites excluding steroid dienone is 1. The van der Waals surface area contributed by atoms with E-state index in [0.29, 0.717) is 0 Å². The number of thioether (sulfide) groups is 1. The summed E-state index contributed by atoms with van der Waals surface area (Å²) in [5.74, 6) is 1.64. The first-order valence-electron chi connectivity index (χ1n) is 7.27. The van der Waals surface area contributed by atoms with Crippen molar-refractivity contribution in [3.05, 3.63) is 72.8 Å². The van der Waals surface area contributed by atoms with Gasteiger partial charge >= 0.3 is 0 Å². The molecule has 0 heterocycles. The molecular formula is C19H20O2S. The molecule has 0 aromatic heterocycles. The van der Waals surface area contributed by atoms with E-state index in [1.807, 2.05) is 48.5 Å². The molecule has 2 aromatic carbocycles. The molecule has 22 heavy (non-hydrogen) atoms. The van der Waals surface area contributed by atoms with Crippen molar-refractivity contribution in [1.29, 1.82) is 0 Å². The summed E-state index contributed by atoms with van der Waals surface area (Å²) in [6.45, 7) is 5.37. The Morgan fingerprint density at radius 2 is 1.77 bits per heavy atom. The van der Waals surface area contributed by atoms with Crippen LogP contribution in [0, 0.1) is 0 Å². The zero-order chi connectivity index (χ0) is 15.8. The highest BCUT2D eigenvalue weighted by Crippen LogP contribution is 2.24. The first-order chi connectivity index (χ1) is 10.7. The van der Waals surface area contributed by atoms with Crippen LogP contribution in [0.2, 0.25) is 0 Å². The van der Waals surface area contributed by atoms with Crippen LogP contribution in [0.4, 0.5) is 0 Å². The number of para-hydroxylation sites is 1. The first-order valence-corrected chi connectivity index (χ1v) is 8.15. The fourth-order valence-electron chi connectivity index (χ4n) is 2.17. The highest BCUT2D eigenvalue weighted by Gasteiger charge is 2.11. The Hall–Kier alpha value is -2.00. The fourth-order valence-corrected chi connectivity index (χ4v) is 3.15. The molecule has 0 aliphatic heterocycles. The van der Waals surface area contributed by atoms with Crippen molar-refractivity contribution >= 4 is 16.9 Å². The number of ether oxygens (including phenoxy) is 1. The highest BCUT2D eigenvalue weighted by molar-refractivity contribution is 8.14. The Labute approximate surface area is 136 Å². The maximum Gasteiger partial charge on any atom is 0.186 e. The molecule has 0 N–H and O–H groups in total. The molecule has 0 saturated carbocycles. The first kappa shape index (κ1) is 16.4. The number of rotatable bonds is 7. The lowest BCUT2D eigenvalue weighted by Crippen LogP contribution is -2.08. The summed E-state index contributed by atoms with van der Waals surface area (Å²) < 4.78 is 5.77. The quantitative estimate of drug-likeness (QED) is 0.653. The fraction of sp³-hybridized carbons (Fsp3) is 0.211. The Morgan fingerprint density at radius 1 is 1.14 bits per heavy atom. The van der Waals surface area contributed by atoms with Crippen LogP contribution in [-0.4, -0.2) is 10.4 Å². The van der Waals surface area contributed by atoms with Crippen LogP contribution in [0.25, 0.3) is 0 Å². The summed E-state index contributed by atoms with van der Waals surface area (Å²) in [4.78, 5) is 11.3. The van der Waals surface area contributed by atoms with Gasteiger partial charge in [0.1, 0.15) is 11.5 Å². The van der Waals surface area contributed by atoms with Gasteiger partial charge < -0.3 is 4.74 Å². The Balaban J connectivity index is 1.98. The molecule has 2 aromatic rings. The largest absolute Gasteiger partial charge is 0.457 e. The van der Waals surface area contributed by atoms with E-state index in [2.05, 4.69) is 18.7 Å². The van der Waals surface area contributed by atoms with E-state index in [-0.39, 0.29) is 10.4 Å². The summed E-state index contributed by atoms with van der Waals surface area (Å²) in [5.41, 5.74) is 1.20. The standard InChI is InChI=1S/C19H20O2S/c1-3-7-19(22-15(2)20)14-16-10-12-18(13-11-16)21-17-8-5-4-6-9-17/h3-6,8-13,19H,1,7,14H2,2H3. The summed E-state index contributed by atoms with van der Waals surface area (Å²) in [6.07, 6.45) is 3.54. The van der Waals surface area contributed by atoms with Crippen molar-refractivity contribution in [1.82, 2.24) is 0 Å². The van der Waals surface area contributed by atoms with Crippen LogP contribution in [0.15, 0.2) is 67.3 Å². The topological polar surface area (TPSA) is 26.3 Å². The second kappa shape index (κ2) is 8.44. The molecule has 0 saturated heterocycles. The zero-order valence-corrected chi connectivity index (χ0v) is 13.5. The smallest absolute Gasteiger partial charge is 0.186 e. The van der Waals surface area contributed by atoms with Crippen LogP contribution in [-0.2, 0) is 11.2 Å². The third-order valence-electron chi connectivity index (χ3n) is 3.13. The van der Waals surface area contributed by atoms with E-state index in [1.165, 1.54) is 17.3 Å². The van der Waals surface area contributed by atoms with Gasteiger partial charge in [-0.1, -0.05) is 48.2 Å². The number of carbonyl (C=O) groups is 1. The minimum Gasteiger partial charge on any atom is -0.457 e. The van der Waals surface area contributed by atoms with Crippen molar-refractivity contribution in [2.75, 3.05) is 0 Å². The van der Waals surface area contributed by atoms with Gasteiger partial charge in [0.2, 0.25) is 0 Å². The Kier molecular flexibility index (Phi) is 6.28. The lowest BCUT2D eigenvalue weighted by molar-refractivity contribution is -0.109. The Bertz CT molecular complexity index is 605. The molecule has 1 atom stereocenters. The van der Waals surface area contributed by atoms with E-state index >= 15 is 0 Å². The predicted molar refractivity (Wildman–Crippen MR) is 93.5 cm³/mol. The van der Waals surface area contributed by atoms with E-state index in [9.17, 15) is 4.79 Å². The molecule has 3 heteroatoms. The lowest BCUT2D eigenvalue weighted by Gasteiger charge is -2.13. The minimum atomic E-state index is 0.149. The van der Waals surface area contributed by atoms with Crippen molar-refractivity contribution in [2.45, 2.75) is 25.0 Å². The number of hydrogen-bond acceptors (Lipinski definition) is 3. The van der Waals surface area contributed by atoms with Gasteiger partial charge in [0, 0.05) is 12.2 Å². The average molecular weight is 312 g/mol. The summed E-state index contributed by atoms with van der Waals surface area (Å²) in [6, 6.07) is 17.7. The van der Waals surface area contributed by atoms with Gasteiger partial charge in [0.25, 0.3) is 0 Å². The van der Waals surface area contributed by atoms with Crippen molar-refractivity contribution in [3.8, 4) is 11.5 Å². The third-order valence-corrected chi connectivity index (χ3v) is 4.15. The number of benzene rings is 2. The van der Waals surface area contributed by atoms with Gasteiger partial charge in [0.05, 0.1) is 0 Å². The van der Waals surface area contributed by atoms with Crippen LogP contribution in [0.5, 0.6) is 11.5 Å². The monoisotopic (exact) mass is 312 g/mol. The molecule has 0 amide bonds. The van der Waals surface area contributed by atoms with Gasteiger partial charge in [0.15, 0.2) is 5.12 Å². The van der Waals surface area contributed by atoms with E-state index in [1.54, 1.807) is 6.92 Å². The van der Waals surface area contributed by atoms with Crippen LogP contribution < -0.4 is 4.74 Å². The highest BCUT2D eigenvalue weighted by atomic mass is 32.2. The van der Waals surface area contributed by atoms with Crippen molar-refractivity contribution in [2.24, 2.45) is 0 Å². The number of carbonyl (C=O) groups excluding carboxylic acids is 1. The molecule has 0 spiro atoms. The second-order valence-electron chi connectivity index (χ2n) is 5.02. The normalized spacial score (nSPS) is 11.7. The molecule has 0 radical (unpaired) electrons. The van der Waals surface area contributed by atoms with Crippen molar-refractivity contribution < 1.29 is 9.53 Å². The molecule has 0 bridgehead atoms. The predicted octanol–water partition coefficient (Wildman–Crippen LogP) is 5.25. The van der Waals surface area contributed by atoms with Gasteiger partial charge in [-0.2, -0.15) is 0 Å². The maximum atomic E-state index is 11.3. The molecule has 114 valence electrons. The van der Waals surface area contributed by atoms with E-state index < -0.39 is 0 Å². The van der Waals surface area contributed by atoms with Crippen LogP contribution >= 0.6 is 11.8 Å².